The number of rotatable bonds is 4. The Morgan fingerprint density at radius 3 is 2.54 bits per heavy atom. The molecule has 5 nitrogen and oxygen atoms in total. The predicted molar refractivity (Wildman–Crippen MR) is 112 cm³/mol. The van der Waals surface area contributed by atoms with E-state index in [4.69, 9.17) is 14.6 Å². The molecule has 7 heteroatoms. The van der Waals surface area contributed by atoms with Gasteiger partial charge in [-0.15, -0.1) is 0 Å². The minimum absolute atomic E-state index is 0.230. The molecule has 1 unspecified atom stereocenters. The van der Waals surface area contributed by atoms with Crippen LogP contribution in [0.4, 0.5) is 0 Å². The van der Waals surface area contributed by atoms with Crippen molar-refractivity contribution >= 4 is 26.0 Å². The van der Waals surface area contributed by atoms with E-state index >= 15 is 0 Å². The molecule has 1 aliphatic heterocycles. The standard InChI is InChI=1S/C21H18BrNO4S/c1-26-18-3-2-4-19-20(18)16-10-5-13(12-28(23,24)25)11-17(16)21(27-19)14-6-8-15(22)9-7-14/h2-11,21H,12H2,1H3,(H2,23,24,25). The second-order valence-corrected chi connectivity index (χ2v) is 9.14. The maximum absolute atomic E-state index is 11.6. The molecule has 3 aromatic rings. The van der Waals surface area contributed by atoms with Gasteiger partial charge in [0.15, 0.2) is 0 Å². The van der Waals surface area contributed by atoms with Crippen LogP contribution in [0.25, 0.3) is 11.1 Å². The summed E-state index contributed by atoms with van der Waals surface area (Å²) in [6.07, 6.45) is -0.372. The van der Waals surface area contributed by atoms with E-state index in [1.807, 2.05) is 54.6 Å². The highest BCUT2D eigenvalue weighted by atomic mass is 79.9. The van der Waals surface area contributed by atoms with Crippen LogP contribution in [-0.2, 0) is 15.8 Å². The van der Waals surface area contributed by atoms with Crippen LogP contribution in [-0.4, -0.2) is 15.5 Å². The van der Waals surface area contributed by atoms with Gasteiger partial charge in [-0.05, 0) is 41.0 Å². The van der Waals surface area contributed by atoms with E-state index in [1.54, 1.807) is 13.2 Å². The number of methoxy groups -OCH3 is 1. The lowest BCUT2D eigenvalue weighted by atomic mass is 9.88. The molecule has 28 heavy (non-hydrogen) atoms. The molecule has 1 atom stereocenters. The van der Waals surface area contributed by atoms with Crippen molar-refractivity contribution in [3.05, 3.63) is 81.8 Å². The third-order valence-electron chi connectivity index (χ3n) is 4.66. The Balaban J connectivity index is 1.92. The molecule has 144 valence electrons. The fraction of sp³-hybridized carbons (Fsp3) is 0.143. The molecule has 0 saturated carbocycles. The van der Waals surface area contributed by atoms with Crippen molar-refractivity contribution in [2.45, 2.75) is 11.9 Å². The van der Waals surface area contributed by atoms with Crippen molar-refractivity contribution in [1.29, 1.82) is 0 Å². The van der Waals surface area contributed by atoms with Crippen molar-refractivity contribution in [2.24, 2.45) is 5.14 Å². The quantitative estimate of drug-likeness (QED) is 0.626. The zero-order chi connectivity index (χ0) is 19.9. The molecule has 0 bridgehead atoms. The number of ether oxygens (including phenoxy) is 2. The summed E-state index contributed by atoms with van der Waals surface area (Å²) in [5, 5.41) is 5.24. The lowest BCUT2D eigenvalue weighted by molar-refractivity contribution is 0.242. The second-order valence-electron chi connectivity index (χ2n) is 6.61. The monoisotopic (exact) mass is 459 g/mol. The minimum Gasteiger partial charge on any atom is -0.496 e. The Hall–Kier alpha value is -2.35. The number of fused-ring (bicyclic) bond motifs is 3. The number of primary sulfonamides is 1. The van der Waals surface area contributed by atoms with Crippen molar-refractivity contribution in [1.82, 2.24) is 0 Å². The van der Waals surface area contributed by atoms with Crippen LogP contribution in [0.2, 0.25) is 0 Å². The first-order valence-electron chi connectivity index (χ1n) is 8.58. The van der Waals surface area contributed by atoms with Gasteiger partial charge in [-0.3, -0.25) is 0 Å². The van der Waals surface area contributed by atoms with Crippen LogP contribution in [0.3, 0.4) is 0 Å². The molecular formula is C21H18BrNO4S. The van der Waals surface area contributed by atoms with Crippen LogP contribution in [0, 0.1) is 0 Å². The summed E-state index contributed by atoms with van der Waals surface area (Å²) < 4.78 is 36.0. The van der Waals surface area contributed by atoms with Gasteiger partial charge in [0.1, 0.15) is 17.6 Å². The van der Waals surface area contributed by atoms with Gasteiger partial charge in [0.05, 0.1) is 18.4 Å². The molecule has 0 amide bonds. The summed E-state index contributed by atoms with van der Waals surface area (Å²) >= 11 is 3.45. The SMILES string of the molecule is COc1cccc2c1-c1ccc(CS(N)(=O)=O)cc1C(c1ccc(Br)cc1)O2. The Kier molecular flexibility index (Phi) is 4.91. The number of hydrogen-bond donors (Lipinski definition) is 1. The Morgan fingerprint density at radius 2 is 1.86 bits per heavy atom. The first kappa shape index (κ1) is 19.0. The molecule has 0 fully saturated rings. The highest BCUT2D eigenvalue weighted by Crippen LogP contribution is 2.49. The van der Waals surface area contributed by atoms with Crippen LogP contribution < -0.4 is 14.6 Å². The number of benzene rings is 3. The highest BCUT2D eigenvalue weighted by Gasteiger charge is 2.30. The second kappa shape index (κ2) is 7.24. The number of halogens is 1. The van der Waals surface area contributed by atoms with Crippen LogP contribution in [0.5, 0.6) is 11.5 Å². The first-order chi connectivity index (χ1) is 13.4. The van der Waals surface area contributed by atoms with Gasteiger partial charge in [-0.25, -0.2) is 13.6 Å². The van der Waals surface area contributed by atoms with Crippen molar-refractivity contribution in [2.75, 3.05) is 7.11 Å². The molecule has 0 aliphatic carbocycles. The van der Waals surface area contributed by atoms with Crippen LogP contribution in [0.15, 0.2) is 65.1 Å². The smallest absolute Gasteiger partial charge is 0.213 e. The molecule has 2 N–H and O–H groups in total. The van der Waals surface area contributed by atoms with E-state index in [1.165, 1.54) is 0 Å². The third kappa shape index (κ3) is 3.65. The molecule has 1 heterocycles. The van der Waals surface area contributed by atoms with E-state index in [2.05, 4.69) is 15.9 Å². The molecular weight excluding hydrogens is 442 g/mol. The first-order valence-corrected chi connectivity index (χ1v) is 11.1. The fourth-order valence-corrected chi connectivity index (χ4v) is 4.41. The van der Waals surface area contributed by atoms with E-state index in [9.17, 15) is 8.42 Å². The molecule has 4 rings (SSSR count). The summed E-state index contributed by atoms with van der Waals surface area (Å²) in [6, 6.07) is 19.1. The maximum atomic E-state index is 11.6. The third-order valence-corrected chi connectivity index (χ3v) is 5.93. The van der Waals surface area contributed by atoms with Gasteiger partial charge in [-0.1, -0.05) is 52.3 Å². The van der Waals surface area contributed by atoms with Crippen molar-refractivity contribution in [3.63, 3.8) is 0 Å². The Bertz CT molecular complexity index is 1140. The molecule has 0 spiro atoms. The number of nitrogens with two attached hydrogens (primary N) is 1. The Labute approximate surface area is 172 Å². The zero-order valence-electron chi connectivity index (χ0n) is 15.1. The largest absolute Gasteiger partial charge is 0.496 e. The maximum Gasteiger partial charge on any atom is 0.213 e. The lowest BCUT2D eigenvalue weighted by Crippen LogP contribution is -2.18. The van der Waals surface area contributed by atoms with Crippen molar-refractivity contribution < 1.29 is 17.9 Å². The zero-order valence-corrected chi connectivity index (χ0v) is 17.5. The molecule has 1 aliphatic rings. The van der Waals surface area contributed by atoms with Gasteiger partial charge in [-0.2, -0.15) is 0 Å². The van der Waals surface area contributed by atoms with Crippen LogP contribution in [0.1, 0.15) is 22.8 Å². The summed E-state index contributed by atoms with van der Waals surface area (Å²) in [6.45, 7) is 0. The average Bonchev–Trinajstić information content (AvgIpc) is 2.66. The van der Waals surface area contributed by atoms with Gasteiger partial charge < -0.3 is 9.47 Å². The van der Waals surface area contributed by atoms with Gasteiger partial charge in [0, 0.05) is 10.0 Å². The number of hydrogen-bond acceptors (Lipinski definition) is 4. The predicted octanol–water partition coefficient (Wildman–Crippen LogP) is 4.40. The lowest BCUT2D eigenvalue weighted by Gasteiger charge is -2.30. The normalized spacial score (nSPS) is 15.3. The summed E-state index contributed by atoms with van der Waals surface area (Å²) in [4.78, 5) is 0. The van der Waals surface area contributed by atoms with E-state index < -0.39 is 10.0 Å². The van der Waals surface area contributed by atoms with E-state index in [0.29, 0.717) is 11.3 Å². The summed E-state index contributed by atoms with van der Waals surface area (Å²) in [5.41, 5.74) is 4.26. The summed E-state index contributed by atoms with van der Waals surface area (Å²) in [5.74, 6) is 1.19. The number of sulfonamides is 1. The van der Waals surface area contributed by atoms with Crippen molar-refractivity contribution in [3.8, 4) is 22.6 Å². The van der Waals surface area contributed by atoms with Gasteiger partial charge in [0.25, 0.3) is 0 Å². The molecule has 0 radical (unpaired) electrons. The molecule has 0 aromatic heterocycles. The molecule has 3 aromatic carbocycles. The summed E-state index contributed by atoms with van der Waals surface area (Å²) in [7, 11) is -2.02. The van der Waals surface area contributed by atoms with E-state index in [0.717, 1.165) is 32.5 Å². The average molecular weight is 460 g/mol. The minimum atomic E-state index is -3.64. The van der Waals surface area contributed by atoms with E-state index in [-0.39, 0.29) is 11.9 Å². The van der Waals surface area contributed by atoms with Gasteiger partial charge >= 0.3 is 0 Å². The highest BCUT2D eigenvalue weighted by molar-refractivity contribution is 9.10. The fourth-order valence-electron chi connectivity index (χ4n) is 3.50. The topological polar surface area (TPSA) is 78.6 Å². The molecule has 0 saturated heterocycles. The Morgan fingerprint density at radius 1 is 1.11 bits per heavy atom. The van der Waals surface area contributed by atoms with Crippen LogP contribution >= 0.6 is 15.9 Å². The van der Waals surface area contributed by atoms with Gasteiger partial charge in [0.2, 0.25) is 10.0 Å².